The minimum atomic E-state index is 0.589. The second kappa shape index (κ2) is 7.54. The average Bonchev–Trinajstić information content (AvgIpc) is 3.21. The largest absolute Gasteiger partial charge is 0.310 e. The Kier molecular flexibility index (Phi) is 5.68. The van der Waals surface area contributed by atoms with Crippen molar-refractivity contribution in [3.63, 3.8) is 0 Å². The number of aliphatic imine (C=N–C) groups is 1. The summed E-state index contributed by atoms with van der Waals surface area (Å²) in [4.78, 5) is 8.86. The predicted molar refractivity (Wildman–Crippen MR) is 79.6 cm³/mol. The van der Waals surface area contributed by atoms with Crippen molar-refractivity contribution in [2.75, 3.05) is 18.1 Å². The smallest absolute Gasteiger partial charge is 0.0548 e. The van der Waals surface area contributed by atoms with Crippen LogP contribution >= 0.6 is 11.8 Å². The zero-order chi connectivity index (χ0) is 12.6. The van der Waals surface area contributed by atoms with Gasteiger partial charge < -0.3 is 5.32 Å². The van der Waals surface area contributed by atoms with E-state index in [0.29, 0.717) is 6.04 Å². The van der Waals surface area contributed by atoms with E-state index < -0.39 is 0 Å². The van der Waals surface area contributed by atoms with Gasteiger partial charge in [0.2, 0.25) is 0 Å². The predicted octanol–water partition coefficient (Wildman–Crippen LogP) is 2.51. The van der Waals surface area contributed by atoms with Crippen LogP contribution < -0.4 is 5.32 Å². The van der Waals surface area contributed by atoms with E-state index in [4.69, 9.17) is 0 Å². The maximum absolute atomic E-state index is 4.49. The Bertz CT molecular complexity index is 388. The number of rotatable bonds is 8. The van der Waals surface area contributed by atoms with Gasteiger partial charge in [0.15, 0.2) is 0 Å². The molecule has 0 atom stereocenters. The molecule has 0 saturated heterocycles. The van der Waals surface area contributed by atoms with E-state index in [2.05, 4.69) is 28.3 Å². The highest BCUT2D eigenvalue weighted by Crippen LogP contribution is 2.23. The SMILES string of the molecule is CCSCCNCc1cc(/C=N/C2CC2)ccn1. The third-order valence-corrected chi connectivity index (χ3v) is 3.66. The van der Waals surface area contributed by atoms with E-state index in [0.717, 1.165) is 24.3 Å². The van der Waals surface area contributed by atoms with Crippen LogP contribution in [0.1, 0.15) is 31.0 Å². The molecule has 1 fully saturated rings. The summed E-state index contributed by atoms with van der Waals surface area (Å²) < 4.78 is 0. The molecule has 2 rings (SSSR count). The molecule has 4 heteroatoms. The van der Waals surface area contributed by atoms with Crippen molar-refractivity contribution in [3.8, 4) is 0 Å². The molecule has 98 valence electrons. The van der Waals surface area contributed by atoms with Gasteiger partial charge in [0.25, 0.3) is 0 Å². The highest BCUT2D eigenvalue weighted by Gasteiger charge is 2.18. The molecular weight excluding hydrogens is 242 g/mol. The molecule has 1 aliphatic carbocycles. The maximum atomic E-state index is 4.49. The Hall–Kier alpha value is -0.870. The van der Waals surface area contributed by atoms with Gasteiger partial charge in [-0.25, -0.2) is 0 Å². The molecule has 0 radical (unpaired) electrons. The molecular formula is C14H21N3S. The summed E-state index contributed by atoms with van der Waals surface area (Å²) in [5, 5.41) is 3.41. The van der Waals surface area contributed by atoms with Crippen molar-refractivity contribution in [1.82, 2.24) is 10.3 Å². The van der Waals surface area contributed by atoms with Crippen LogP contribution in [0.25, 0.3) is 0 Å². The molecule has 18 heavy (non-hydrogen) atoms. The second-order valence-corrected chi connectivity index (χ2v) is 5.86. The van der Waals surface area contributed by atoms with E-state index in [1.54, 1.807) is 0 Å². The Morgan fingerprint density at radius 1 is 1.56 bits per heavy atom. The first-order valence-corrected chi connectivity index (χ1v) is 7.80. The molecule has 1 aromatic heterocycles. The fraction of sp³-hybridized carbons (Fsp3) is 0.571. The van der Waals surface area contributed by atoms with Crippen molar-refractivity contribution < 1.29 is 0 Å². The third-order valence-electron chi connectivity index (χ3n) is 2.76. The lowest BCUT2D eigenvalue weighted by Gasteiger charge is -2.04. The van der Waals surface area contributed by atoms with Crippen LogP contribution in [-0.2, 0) is 6.54 Å². The Balaban J connectivity index is 1.75. The Labute approximate surface area is 113 Å². The Morgan fingerprint density at radius 3 is 3.22 bits per heavy atom. The molecule has 1 aromatic rings. The molecule has 0 spiro atoms. The molecule has 0 amide bonds. The van der Waals surface area contributed by atoms with E-state index >= 15 is 0 Å². The van der Waals surface area contributed by atoms with E-state index in [1.807, 2.05) is 30.2 Å². The van der Waals surface area contributed by atoms with Crippen molar-refractivity contribution >= 4 is 18.0 Å². The zero-order valence-electron chi connectivity index (χ0n) is 10.9. The van der Waals surface area contributed by atoms with Gasteiger partial charge in [0.1, 0.15) is 0 Å². The topological polar surface area (TPSA) is 37.3 Å². The first-order valence-electron chi connectivity index (χ1n) is 6.65. The first-order chi connectivity index (χ1) is 8.88. The van der Waals surface area contributed by atoms with Gasteiger partial charge in [-0.3, -0.25) is 9.98 Å². The number of nitrogens with one attached hydrogen (secondary N) is 1. The number of hydrogen-bond acceptors (Lipinski definition) is 4. The van der Waals surface area contributed by atoms with Gasteiger partial charge in [-0.15, -0.1) is 0 Å². The fourth-order valence-corrected chi connectivity index (χ4v) is 2.17. The van der Waals surface area contributed by atoms with Crippen molar-refractivity contribution in [1.29, 1.82) is 0 Å². The lowest BCUT2D eigenvalue weighted by molar-refractivity contribution is 0.715. The normalized spacial score (nSPS) is 15.4. The van der Waals surface area contributed by atoms with Gasteiger partial charge in [-0.2, -0.15) is 11.8 Å². The first kappa shape index (κ1) is 13.6. The number of nitrogens with zero attached hydrogens (tertiary/aromatic N) is 2. The van der Waals surface area contributed by atoms with Gasteiger partial charge >= 0.3 is 0 Å². The van der Waals surface area contributed by atoms with E-state index in [9.17, 15) is 0 Å². The summed E-state index contributed by atoms with van der Waals surface area (Å²) in [6.07, 6.45) is 6.36. The van der Waals surface area contributed by atoms with Crippen LogP contribution in [-0.4, -0.2) is 35.3 Å². The highest BCUT2D eigenvalue weighted by molar-refractivity contribution is 7.99. The van der Waals surface area contributed by atoms with Crippen molar-refractivity contribution in [3.05, 3.63) is 29.6 Å². The summed E-state index contributed by atoms with van der Waals surface area (Å²) in [7, 11) is 0. The van der Waals surface area contributed by atoms with E-state index in [1.165, 1.54) is 24.3 Å². The minimum Gasteiger partial charge on any atom is -0.310 e. The molecule has 0 unspecified atom stereocenters. The van der Waals surface area contributed by atoms with Crippen LogP contribution in [0, 0.1) is 0 Å². The number of thioether (sulfide) groups is 1. The fourth-order valence-electron chi connectivity index (χ4n) is 1.59. The molecule has 3 nitrogen and oxygen atoms in total. The van der Waals surface area contributed by atoms with Crippen molar-refractivity contribution in [2.24, 2.45) is 4.99 Å². The monoisotopic (exact) mass is 263 g/mol. The van der Waals surface area contributed by atoms with Gasteiger partial charge in [0, 0.05) is 31.3 Å². The molecule has 1 saturated carbocycles. The number of pyridine rings is 1. The standard InChI is InChI=1S/C14H21N3S/c1-2-18-8-7-15-11-14-9-12(5-6-16-14)10-17-13-3-4-13/h5-6,9-10,13,15H,2-4,7-8,11H2,1H3/b17-10+. The van der Waals surface area contributed by atoms with Gasteiger partial charge in [-0.1, -0.05) is 6.92 Å². The molecule has 1 heterocycles. The summed E-state index contributed by atoms with van der Waals surface area (Å²) in [6, 6.07) is 4.72. The average molecular weight is 263 g/mol. The highest BCUT2D eigenvalue weighted by atomic mass is 32.2. The second-order valence-electron chi connectivity index (χ2n) is 4.46. The van der Waals surface area contributed by atoms with Crippen LogP contribution in [0.15, 0.2) is 23.3 Å². The quantitative estimate of drug-likeness (QED) is 0.578. The zero-order valence-corrected chi connectivity index (χ0v) is 11.7. The minimum absolute atomic E-state index is 0.589. The third kappa shape index (κ3) is 5.19. The molecule has 1 aliphatic rings. The summed E-state index contributed by atoms with van der Waals surface area (Å²) in [6.45, 7) is 4.07. The summed E-state index contributed by atoms with van der Waals surface area (Å²) in [5.41, 5.74) is 2.26. The summed E-state index contributed by atoms with van der Waals surface area (Å²) >= 11 is 1.96. The van der Waals surface area contributed by atoms with Crippen LogP contribution in [0.4, 0.5) is 0 Å². The lowest BCUT2D eigenvalue weighted by atomic mass is 10.2. The van der Waals surface area contributed by atoms with E-state index in [-0.39, 0.29) is 0 Å². The van der Waals surface area contributed by atoms with Crippen LogP contribution in [0.5, 0.6) is 0 Å². The molecule has 0 aromatic carbocycles. The number of hydrogen-bond donors (Lipinski definition) is 1. The molecule has 0 aliphatic heterocycles. The van der Waals surface area contributed by atoms with Crippen LogP contribution in [0.2, 0.25) is 0 Å². The molecule has 0 bridgehead atoms. The van der Waals surface area contributed by atoms with Crippen LogP contribution in [0.3, 0.4) is 0 Å². The maximum Gasteiger partial charge on any atom is 0.0548 e. The molecule has 1 N–H and O–H groups in total. The summed E-state index contributed by atoms with van der Waals surface area (Å²) in [5.74, 6) is 2.35. The van der Waals surface area contributed by atoms with Crippen molar-refractivity contribution in [2.45, 2.75) is 32.4 Å². The number of aromatic nitrogens is 1. The van der Waals surface area contributed by atoms with Gasteiger partial charge in [-0.05, 0) is 36.3 Å². The van der Waals surface area contributed by atoms with Gasteiger partial charge in [0.05, 0.1) is 11.7 Å². The Morgan fingerprint density at radius 2 is 2.44 bits per heavy atom. The lowest BCUT2D eigenvalue weighted by Crippen LogP contribution is -2.17.